The minimum absolute atomic E-state index is 0.0939. The van der Waals surface area contributed by atoms with E-state index < -0.39 is 0 Å². The lowest BCUT2D eigenvalue weighted by molar-refractivity contribution is -0.126. The van der Waals surface area contributed by atoms with Crippen LogP contribution in [0.1, 0.15) is 30.9 Å². The monoisotopic (exact) mass is 426 g/mol. The van der Waals surface area contributed by atoms with Crippen LogP contribution >= 0.6 is 0 Å². The predicted octanol–water partition coefficient (Wildman–Crippen LogP) is 3.67. The second-order valence-electron chi connectivity index (χ2n) is 7.86. The van der Waals surface area contributed by atoms with E-state index in [2.05, 4.69) is 22.3 Å². The van der Waals surface area contributed by atoms with Crippen LogP contribution in [0.25, 0.3) is 0 Å². The minimum atomic E-state index is 0.0939. The standard InChI is InChI=1S/C25H34N2O4/c1-4-31-22-7-5-6-20(16-22)18-27-14-11-21(12-15-27)25(28)26-13-10-19-8-9-23(29-2)24(17-19)30-3/h5-9,16-17,21H,4,10-15,18H2,1-3H3,(H,26,28). The maximum absolute atomic E-state index is 12.6. The summed E-state index contributed by atoms with van der Waals surface area (Å²) < 4.78 is 16.2. The van der Waals surface area contributed by atoms with Crippen LogP contribution < -0.4 is 19.5 Å². The first kappa shape index (κ1) is 22.9. The molecule has 0 atom stereocenters. The van der Waals surface area contributed by atoms with Gasteiger partial charge in [-0.1, -0.05) is 18.2 Å². The zero-order chi connectivity index (χ0) is 22.1. The molecule has 2 aromatic carbocycles. The van der Waals surface area contributed by atoms with E-state index in [9.17, 15) is 4.79 Å². The zero-order valence-electron chi connectivity index (χ0n) is 18.9. The number of piperidine rings is 1. The summed E-state index contributed by atoms with van der Waals surface area (Å²) in [6.07, 6.45) is 2.56. The largest absolute Gasteiger partial charge is 0.494 e. The molecule has 3 rings (SSSR count). The number of likely N-dealkylation sites (tertiary alicyclic amines) is 1. The van der Waals surface area contributed by atoms with E-state index in [-0.39, 0.29) is 11.8 Å². The van der Waals surface area contributed by atoms with Crippen LogP contribution in [0.15, 0.2) is 42.5 Å². The second kappa shape index (κ2) is 11.6. The zero-order valence-corrected chi connectivity index (χ0v) is 18.9. The van der Waals surface area contributed by atoms with Gasteiger partial charge in [-0.3, -0.25) is 9.69 Å². The molecule has 31 heavy (non-hydrogen) atoms. The Morgan fingerprint density at radius 3 is 2.52 bits per heavy atom. The van der Waals surface area contributed by atoms with Crippen LogP contribution in [0.2, 0.25) is 0 Å². The van der Waals surface area contributed by atoms with Gasteiger partial charge in [0.05, 0.1) is 20.8 Å². The third-order valence-corrected chi connectivity index (χ3v) is 5.73. The van der Waals surface area contributed by atoms with E-state index in [1.54, 1.807) is 14.2 Å². The van der Waals surface area contributed by atoms with Crippen LogP contribution in [-0.4, -0.2) is 51.3 Å². The maximum atomic E-state index is 12.6. The van der Waals surface area contributed by atoms with Crippen LogP contribution in [0.5, 0.6) is 17.2 Å². The highest BCUT2D eigenvalue weighted by molar-refractivity contribution is 5.78. The summed E-state index contributed by atoms with van der Waals surface area (Å²) in [5.41, 5.74) is 2.37. The molecule has 168 valence electrons. The van der Waals surface area contributed by atoms with Gasteiger partial charge in [0, 0.05) is 19.0 Å². The Kier molecular flexibility index (Phi) is 8.59. The van der Waals surface area contributed by atoms with Gasteiger partial charge in [0.2, 0.25) is 5.91 Å². The van der Waals surface area contributed by atoms with Crippen molar-refractivity contribution in [1.29, 1.82) is 0 Å². The quantitative estimate of drug-likeness (QED) is 0.628. The molecule has 2 aromatic rings. The summed E-state index contributed by atoms with van der Waals surface area (Å²) in [5, 5.41) is 3.11. The fourth-order valence-corrected chi connectivity index (χ4v) is 4.02. The molecule has 0 unspecified atom stereocenters. The molecular weight excluding hydrogens is 392 g/mol. The number of rotatable bonds is 10. The van der Waals surface area contributed by atoms with Crippen LogP contribution in [-0.2, 0) is 17.8 Å². The molecule has 1 aliphatic rings. The van der Waals surface area contributed by atoms with E-state index in [0.29, 0.717) is 24.7 Å². The lowest BCUT2D eigenvalue weighted by Crippen LogP contribution is -2.40. The molecule has 0 radical (unpaired) electrons. The van der Waals surface area contributed by atoms with Crippen molar-refractivity contribution in [2.45, 2.75) is 32.7 Å². The molecular formula is C25H34N2O4. The number of carbonyl (C=O) groups excluding carboxylic acids is 1. The average molecular weight is 427 g/mol. The van der Waals surface area contributed by atoms with Crippen molar-refractivity contribution in [3.63, 3.8) is 0 Å². The lowest BCUT2D eigenvalue weighted by atomic mass is 9.95. The van der Waals surface area contributed by atoms with E-state index in [4.69, 9.17) is 14.2 Å². The number of nitrogens with zero attached hydrogens (tertiary/aromatic N) is 1. The van der Waals surface area contributed by atoms with Crippen molar-refractivity contribution in [2.75, 3.05) is 40.5 Å². The van der Waals surface area contributed by atoms with Crippen molar-refractivity contribution in [3.8, 4) is 17.2 Å². The molecule has 0 spiro atoms. The van der Waals surface area contributed by atoms with Gasteiger partial charge in [-0.2, -0.15) is 0 Å². The topological polar surface area (TPSA) is 60.0 Å². The van der Waals surface area contributed by atoms with E-state index in [1.807, 2.05) is 37.3 Å². The highest BCUT2D eigenvalue weighted by atomic mass is 16.5. The molecule has 1 amide bonds. The smallest absolute Gasteiger partial charge is 0.223 e. The normalized spacial score (nSPS) is 14.8. The third kappa shape index (κ3) is 6.62. The van der Waals surface area contributed by atoms with Crippen LogP contribution in [0.4, 0.5) is 0 Å². The number of hydrogen-bond acceptors (Lipinski definition) is 5. The first-order valence-corrected chi connectivity index (χ1v) is 11.1. The Balaban J connectivity index is 1.40. The van der Waals surface area contributed by atoms with Gasteiger partial charge in [0.15, 0.2) is 11.5 Å². The molecule has 1 N–H and O–H groups in total. The van der Waals surface area contributed by atoms with E-state index >= 15 is 0 Å². The number of carbonyl (C=O) groups is 1. The van der Waals surface area contributed by atoms with Crippen LogP contribution in [0, 0.1) is 5.92 Å². The Hall–Kier alpha value is -2.73. The number of methoxy groups -OCH3 is 2. The Morgan fingerprint density at radius 2 is 1.81 bits per heavy atom. The van der Waals surface area contributed by atoms with Gasteiger partial charge >= 0.3 is 0 Å². The van der Waals surface area contributed by atoms with Crippen molar-refractivity contribution >= 4 is 5.91 Å². The summed E-state index contributed by atoms with van der Waals surface area (Å²) in [4.78, 5) is 15.0. The fraction of sp³-hybridized carbons (Fsp3) is 0.480. The van der Waals surface area contributed by atoms with E-state index in [0.717, 1.165) is 50.2 Å². The van der Waals surface area contributed by atoms with Crippen molar-refractivity contribution < 1.29 is 19.0 Å². The SMILES string of the molecule is CCOc1cccc(CN2CCC(C(=O)NCCc3ccc(OC)c(OC)c3)CC2)c1. The third-order valence-electron chi connectivity index (χ3n) is 5.73. The predicted molar refractivity (Wildman–Crippen MR) is 122 cm³/mol. The van der Waals surface area contributed by atoms with Gasteiger partial charge in [0.25, 0.3) is 0 Å². The first-order valence-electron chi connectivity index (χ1n) is 11.1. The Labute approximate surface area is 185 Å². The lowest BCUT2D eigenvalue weighted by Gasteiger charge is -2.31. The summed E-state index contributed by atoms with van der Waals surface area (Å²) in [6, 6.07) is 14.1. The molecule has 0 saturated carbocycles. The Bertz CT molecular complexity index is 847. The highest BCUT2D eigenvalue weighted by Gasteiger charge is 2.24. The second-order valence-corrected chi connectivity index (χ2v) is 7.86. The molecule has 0 aromatic heterocycles. The average Bonchev–Trinajstić information content (AvgIpc) is 2.80. The molecule has 1 fully saturated rings. The van der Waals surface area contributed by atoms with Gasteiger partial charge in [-0.15, -0.1) is 0 Å². The first-order chi connectivity index (χ1) is 15.1. The number of hydrogen-bond donors (Lipinski definition) is 1. The van der Waals surface area contributed by atoms with Gasteiger partial charge in [0.1, 0.15) is 5.75 Å². The number of amides is 1. The van der Waals surface area contributed by atoms with Gasteiger partial charge < -0.3 is 19.5 Å². The Morgan fingerprint density at radius 1 is 1.03 bits per heavy atom. The number of nitrogens with one attached hydrogen (secondary N) is 1. The fourth-order valence-electron chi connectivity index (χ4n) is 4.02. The summed E-state index contributed by atoms with van der Waals surface area (Å²) in [6.45, 7) is 6.07. The summed E-state index contributed by atoms with van der Waals surface area (Å²) in [5.74, 6) is 2.61. The summed E-state index contributed by atoms with van der Waals surface area (Å²) >= 11 is 0. The molecule has 1 aliphatic heterocycles. The molecule has 0 aliphatic carbocycles. The summed E-state index contributed by atoms with van der Waals surface area (Å²) in [7, 11) is 3.26. The molecule has 0 bridgehead atoms. The van der Waals surface area contributed by atoms with Crippen molar-refractivity contribution in [1.82, 2.24) is 10.2 Å². The number of benzene rings is 2. The molecule has 6 heteroatoms. The molecule has 1 heterocycles. The van der Waals surface area contributed by atoms with Gasteiger partial charge in [-0.05, 0) is 74.7 Å². The maximum Gasteiger partial charge on any atom is 0.223 e. The molecule has 1 saturated heterocycles. The number of ether oxygens (including phenoxy) is 3. The van der Waals surface area contributed by atoms with Crippen LogP contribution in [0.3, 0.4) is 0 Å². The molecule has 6 nitrogen and oxygen atoms in total. The highest BCUT2D eigenvalue weighted by Crippen LogP contribution is 2.27. The van der Waals surface area contributed by atoms with E-state index in [1.165, 1.54) is 5.56 Å². The van der Waals surface area contributed by atoms with Crippen molar-refractivity contribution in [2.24, 2.45) is 5.92 Å². The van der Waals surface area contributed by atoms with Gasteiger partial charge in [-0.25, -0.2) is 0 Å². The van der Waals surface area contributed by atoms with Crippen molar-refractivity contribution in [3.05, 3.63) is 53.6 Å². The minimum Gasteiger partial charge on any atom is -0.494 e.